The van der Waals surface area contributed by atoms with Gasteiger partial charge in [-0.1, -0.05) is 0 Å². The van der Waals surface area contributed by atoms with Crippen molar-refractivity contribution >= 4 is 29.7 Å². The number of thiophene rings is 1. The molecule has 1 amide bonds. The third-order valence-electron chi connectivity index (χ3n) is 3.10. The fraction of sp³-hybridized carbons (Fsp3) is 0.615. The van der Waals surface area contributed by atoms with E-state index in [0.717, 1.165) is 38.0 Å². The van der Waals surface area contributed by atoms with Gasteiger partial charge in [0.2, 0.25) is 0 Å². The monoisotopic (exact) mass is 288 g/mol. The maximum absolute atomic E-state index is 12.4. The lowest BCUT2D eigenvalue weighted by atomic mass is 10.2. The molecule has 1 aromatic rings. The van der Waals surface area contributed by atoms with Crippen LogP contribution < -0.4 is 0 Å². The smallest absolute Gasteiger partial charge is 0.255 e. The number of aryl methyl sites for hydroxylation is 2. The van der Waals surface area contributed by atoms with Crippen LogP contribution in [-0.4, -0.2) is 49.4 Å². The van der Waals surface area contributed by atoms with Gasteiger partial charge in [-0.15, -0.1) is 23.7 Å². The summed E-state index contributed by atoms with van der Waals surface area (Å²) in [6.45, 7) is 4.74. The lowest BCUT2D eigenvalue weighted by Gasteiger charge is -2.22. The highest BCUT2D eigenvalue weighted by molar-refractivity contribution is 7.12. The van der Waals surface area contributed by atoms with Gasteiger partial charge in [0.15, 0.2) is 0 Å². The van der Waals surface area contributed by atoms with Crippen molar-refractivity contribution < 1.29 is 4.79 Å². The minimum absolute atomic E-state index is 0. The van der Waals surface area contributed by atoms with E-state index in [1.165, 1.54) is 9.75 Å². The Labute approximate surface area is 119 Å². The third kappa shape index (κ3) is 3.46. The van der Waals surface area contributed by atoms with Gasteiger partial charge in [0.25, 0.3) is 5.91 Å². The summed E-state index contributed by atoms with van der Waals surface area (Å²) in [4.78, 5) is 19.0. The number of fused-ring (bicyclic) bond motifs is 1. The average Bonchev–Trinajstić information content (AvgIpc) is 2.57. The zero-order valence-corrected chi connectivity index (χ0v) is 12.9. The van der Waals surface area contributed by atoms with Crippen molar-refractivity contribution in [2.75, 3.05) is 33.7 Å². The molecule has 0 saturated carbocycles. The summed E-state index contributed by atoms with van der Waals surface area (Å²) >= 11 is 1.78. The summed E-state index contributed by atoms with van der Waals surface area (Å²) in [6, 6.07) is 2.05. The number of nitrogens with zero attached hydrogens (tertiary/aromatic N) is 2. The van der Waals surface area contributed by atoms with Crippen molar-refractivity contribution in [3.05, 3.63) is 21.4 Å². The van der Waals surface area contributed by atoms with Gasteiger partial charge in [0, 0.05) is 29.4 Å². The Morgan fingerprint density at radius 3 is 2.83 bits per heavy atom. The van der Waals surface area contributed by atoms with Crippen LogP contribution in [-0.2, 0) is 6.42 Å². The van der Waals surface area contributed by atoms with Crippen LogP contribution in [0.4, 0.5) is 0 Å². The zero-order valence-electron chi connectivity index (χ0n) is 11.2. The summed E-state index contributed by atoms with van der Waals surface area (Å²) in [6.07, 6.45) is 2.14. The Morgan fingerprint density at radius 1 is 1.44 bits per heavy atom. The van der Waals surface area contributed by atoms with E-state index in [9.17, 15) is 4.79 Å². The summed E-state index contributed by atoms with van der Waals surface area (Å²) < 4.78 is 0. The fourth-order valence-electron chi connectivity index (χ4n) is 2.17. The Bertz CT molecular complexity index is 417. The molecule has 18 heavy (non-hydrogen) atoms. The van der Waals surface area contributed by atoms with Crippen molar-refractivity contribution in [1.82, 2.24) is 9.80 Å². The second kappa shape index (κ2) is 6.55. The molecule has 0 aliphatic carbocycles. The molecule has 0 spiro atoms. The molecule has 1 aliphatic rings. The minimum Gasteiger partial charge on any atom is -0.337 e. The lowest BCUT2D eigenvalue weighted by molar-refractivity contribution is 0.0750. The first-order valence-corrected chi connectivity index (χ1v) is 6.93. The predicted molar refractivity (Wildman–Crippen MR) is 79.1 cm³/mol. The largest absolute Gasteiger partial charge is 0.337 e. The maximum atomic E-state index is 12.4. The molecule has 2 rings (SSSR count). The first kappa shape index (κ1) is 15.5. The van der Waals surface area contributed by atoms with Crippen molar-refractivity contribution in [1.29, 1.82) is 0 Å². The number of amides is 1. The minimum atomic E-state index is 0. The van der Waals surface area contributed by atoms with E-state index in [4.69, 9.17) is 0 Å². The molecule has 0 aromatic carbocycles. The second-order valence-electron chi connectivity index (χ2n) is 4.89. The fourth-order valence-corrected chi connectivity index (χ4v) is 3.23. The van der Waals surface area contributed by atoms with Crippen LogP contribution in [0.5, 0.6) is 0 Å². The van der Waals surface area contributed by atoms with E-state index < -0.39 is 0 Å². The Morgan fingerprint density at radius 2 is 2.17 bits per heavy atom. The van der Waals surface area contributed by atoms with E-state index in [0.29, 0.717) is 0 Å². The van der Waals surface area contributed by atoms with Crippen LogP contribution in [0.25, 0.3) is 0 Å². The van der Waals surface area contributed by atoms with Crippen LogP contribution >= 0.6 is 23.7 Å². The molecule has 5 heteroatoms. The summed E-state index contributed by atoms with van der Waals surface area (Å²) in [5, 5.41) is 0. The molecule has 0 fully saturated rings. The summed E-state index contributed by atoms with van der Waals surface area (Å²) in [5.74, 6) is 0.226. The van der Waals surface area contributed by atoms with Gasteiger partial charge in [0.05, 0.1) is 5.56 Å². The standard InChI is InChI=1S/C13H20N2OS.ClH/c1-10-9-11-12(17-10)5-4-6-15(13(11)16)8-7-14(2)3;/h9H,4-8H2,1-3H3;1H. The Kier molecular flexibility index (Phi) is 5.63. The van der Waals surface area contributed by atoms with E-state index in [1.807, 2.05) is 19.0 Å². The average molecular weight is 289 g/mol. The van der Waals surface area contributed by atoms with Gasteiger partial charge in [-0.25, -0.2) is 0 Å². The van der Waals surface area contributed by atoms with Gasteiger partial charge in [0.1, 0.15) is 0 Å². The number of hydrogen-bond acceptors (Lipinski definition) is 3. The Hall–Kier alpha value is -0.580. The zero-order chi connectivity index (χ0) is 12.4. The summed E-state index contributed by atoms with van der Waals surface area (Å²) in [7, 11) is 4.09. The molecule has 0 N–H and O–H groups in total. The highest BCUT2D eigenvalue weighted by Crippen LogP contribution is 2.27. The van der Waals surface area contributed by atoms with Crippen molar-refractivity contribution in [3.8, 4) is 0 Å². The van der Waals surface area contributed by atoms with Gasteiger partial charge >= 0.3 is 0 Å². The number of halogens is 1. The van der Waals surface area contributed by atoms with Crippen LogP contribution in [0.3, 0.4) is 0 Å². The third-order valence-corrected chi connectivity index (χ3v) is 4.21. The number of rotatable bonds is 3. The highest BCUT2D eigenvalue weighted by Gasteiger charge is 2.23. The molecular weight excluding hydrogens is 268 g/mol. The SMILES string of the molecule is Cc1cc2c(s1)CCCN(CCN(C)C)C2=O.Cl. The molecule has 0 atom stereocenters. The first-order valence-electron chi connectivity index (χ1n) is 6.11. The van der Waals surface area contributed by atoms with Crippen LogP contribution in [0.2, 0.25) is 0 Å². The van der Waals surface area contributed by atoms with E-state index in [1.54, 1.807) is 11.3 Å². The quantitative estimate of drug-likeness (QED) is 0.853. The molecule has 0 bridgehead atoms. The van der Waals surface area contributed by atoms with Crippen molar-refractivity contribution in [3.63, 3.8) is 0 Å². The van der Waals surface area contributed by atoms with Crippen LogP contribution in [0.1, 0.15) is 26.5 Å². The van der Waals surface area contributed by atoms with Crippen LogP contribution in [0, 0.1) is 6.92 Å². The van der Waals surface area contributed by atoms with E-state index >= 15 is 0 Å². The topological polar surface area (TPSA) is 23.6 Å². The lowest BCUT2D eigenvalue weighted by Crippen LogP contribution is -2.36. The van der Waals surface area contributed by atoms with Crippen LogP contribution in [0.15, 0.2) is 6.07 Å². The normalized spacial score (nSPS) is 15.3. The van der Waals surface area contributed by atoms with Gasteiger partial charge in [-0.3, -0.25) is 4.79 Å². The molecule has 0 unspecified atom stereocenters. The molecule has 0 radical (unpaired) electrons. The number of carbonyl (C=O) groups is 1. The molecule has 0 saturated heterocycles. The van der Waals surface area contributed by atoms with E-state index in [2.05, 4.69) is 17.9 Å². The summed E-state index contributed by atoms with van der Waals surface area (Å²) in [5.41, 5.74) is 0.948. The van der Waals surface area contributed by atoms with Gasteiger partial charge in [-0.05, 0) is 39.9 Å². The van der Waals surface area contributed by atoms with Crippen molar-refractivity contribution in [2.24, 2.45) is 0 Å². The molecule has 1 aliphatic heterocycles. The first-order chi connectivity index (χ1) is 8.08. The van der Waals surface area contributed by atoms with E-state index in [-0.39, 0.29) is 18.3 Å². The molecule has 3 nitrogen and oxygen atoms in total. The van der Waals surface area contributed by atoms with Gasteiger partial charge in [-0.2, -0.15) is 0 Å². The second-order valence-corrected chi connectivity index (χ2v) is 6.23. The van der Waals surface area contributed by atoms with Gasteiger partial charge < -0.3 is 9.80 Å². The molecule has 102 valence electrons. The molecule has 2 heterocycles. The highest BCUT2D eigenvalue weighted by atomic mass is 35.5. The molecule has 1 aromatic heterocycles. The van der Waals surface area contributed by atoms with Crippen molar-refractivity contribution in [2.45, 2.75) is 19.8 Å². The predicted octanol–water partition coefficient (Wildman–Crippen LogP) is 2.43. The molecular formula is C13H21ClN2OS. The number of likely N-dealkylation sites (N-methyl/N-ethyl adjacent to an activating group) is 1. The maximum Gasteiger partial charge on any atom is 0.255 e. The number of hydrogen-bond donors (Lipinski definition) is 0. The number of carbonyl (C=O) groups excluding carboxylic acids is 1. The Balaban J connectivity index is 0.00000162.